The number of pyridine rings is 1. The summed E-state index contributed by atoms with van der Waals surface area (Å²) in [5.74, 6) is 0.337. The summed E-state index contributed by atoms with van der Waals surface area (Å²) in [5, 5.41) is 8.07. The summed E-state index contributed by atoms with van der Waals surface area (Å²) in [6.45, 7) is 4.40. The lowest BCUT2D eigenvalue weighted by molar-refractivity contribution is -0.124. The van der Waals surface area contributed by atoms with E-state index in [1.54, 1.807) is 14.0 Å². The summed E-state index contributed by atoms with van der Waals surface area (Å²) in [4.78, 5) is 29.9. The number of benzene rings is 1. The zero-order chi connectivity index (χ0) is 22.0. The first-order valence-electron chi connectivity index (χ1n) is 10.2. The molecule has 1 aliphatic heterocycles. The second-order valence-electron chi connectivity index (χ2n) is 7.18. The van der Waals surface area contributed by atoms with Gasteiger partial charge in [0.25, 0.3) is 5.91 Å². The molecule has 3 aromatic rings. The molecule has 31 heavy (non-hydrogen) atoms. The van der Waals surface area contributed by atoms with E-state index in [9.17, 15) is 9.59 Å². The molecule has 0 aliphatic carbocycles. The molecule has 9 nitrogen and oxygen atoms in total. The average molecular weight is 424 g/mol. The molecule has 0 spiro atoms. The largest absolute Gasteiger partial charge is 0.494 e. The summed E-state index contributed by atoms with van der Waals surface area (Å²) in [5.41, 5.74) is 1.75. The van der Waals surface area contributed by atoms with Crippen LogP contribution in [0.2, 0.25) is 0 Å². The Morgan fingerprint density at radius 3 is 2.90 bits per heavy atom. The van der Waals surface area contributed by atoms with E-state index in [4.69, 9.17) is 19.2 Å². The predicted octanol–water partition coefficient (Wildman–Crippen LogP) is 3.03. The number of aromatic nitrogens is 3. The van der Waals surface area contributed by atoms with E-state index in [1.165, 1.54) is 10.9 Å². The highest BCUT2D eigenvalue weighted by atomic mass is 16.5. The van der Waals surface area contributed by atoms with Crippen LogP contribution in [0.1, 0.15) is 35.7 Å². The van der Waals surface area contributed by atoms with Gasteiger partial charge in [-0.2, -0.15) is 9.78 Å². The van der Waals surface area contributed by atoms with Crippen molar-refractivity contribution in [2.75, 3.05) is 25.6 Å². The zero-order valence-corrected chi connectivity index (χ0v) is 17.7. The number of methoxy groups -OCH3 is 1. The van der Waals surface area contributed by atoms with E-state index in [0.29, 0.717) is 30.1 Å². The molecule has 0 radical (unpaired) electrons. The highest BCUT2D eigenvalue weighted by Gasteiger charge is 2.28. The van der Waals surface area contributed by atoms with Gasteiger partial charge < -0.3 is 19.5 Å². The van der Waals surface area contributed by atoms with Crippen LogP contribution in [0.4, 0.5) is 5.82 Å². The number of ether oxygens (including phenoxy) is 3. The van der Waals surface area contributed by atoms with Gasteiger partial charge in [-0.25, -0.2) is 9.78 Å². The highest BCUT2D eigenvalue weighted by Crippen LogP contribution is 2.29. The Morgan fingerprint density at radius 1 is 1.35 bits per heavy atom. The molecule has 1 amide bonds. The van der Waals surface area contributed by atoms with Crippen molar-refractivity contribution in [2.24, 2.45) is 0 Å². The highest BCUT2D eigenvalue weighted by molar-refractivity contribution is 6.02. The van der Waals surface area contributed by atoms with Gasteiger partial charge in [0, 0.05) is 12.0 Å². The minimum absolute atomic E-state index is 0.146. The molecule has 2 aromatic heterocycles. The summed E-state index contributed by atoms with van der Waals surface area (Å²) in [7, 11) is 1.58. The molecule has 162 valence electrons. The molecule has 1 atom stereocenters. The van der Waals surface area contributed by atoms with E-state index in [0.717, 1.165) is 17.4 Å². The number of esters is 1. The quantitative estimate of drug-likeness (QED) is 0.607. The van der Waals surface area contributed by atoms with Crippen LogP contribution in [0.25, 0.3) is 16.7 Å². The van der Waals surface area contributed by atoms with Crippen molar-refractivity contribution in [3.63, 3.8) is 0 Å². The van der Waals surface area contributed by atoms with Gasteiger partial charge in [-0.1, -0.05) is 12.1 Å². The number of nitrogens with zero attached hydrogens (tertiary/aromatic N) is 3. The minimum atomic E-state index is -0.577. The van der Waals surface area contributed by atoms with Crippen molar-refractivity contribution in [2.45, 2.75) is 32.8 Å². The first-order chi connectivity index (χ1) is 15.0. The predicted molar refractivity (Wildman–Crippen MR) is 114 cm³/mol. The van der Waals surface area contributed by atoms with Crippen LogP contribution in [0.15, 0.2) is 30.5 Å². The number of nitrogens with one attached hydrogen (secondary N) is 1. The normalized spacial score (nSPS) is 15.8. The summed E-state index contributed by atoms with van der Waals surface area (Å²) >= 11 is 0. The molecule has 1 saturated heterocycles. The van der Waals surface area contributed by atoms with Crippen molar-refractivity contribution in [1.82, 2.24) is 14.8 Å². The molecular weight excluding hydrogens is 400 g/mol. The molecule has 1 N–H and O–H groups in total. The Balaban J connectivity index is 1.82. The Labute approximate surface area is 179 Å². The van der Waals surface area contributed by atoms with Crippen molar-refractivity contribution in [3.05, 3.63) is 41.6 Å². The van der Waals surface area contributed by atoms with Crippen LogP contribution in [0, 0.1) is 6.92 Å². The van der Waals surface area contributed by atoms with Gasteiger partial charge >= 0.3 is 5.97 Å². The fraction of sp³-hybridized carbons (Fsp3) is 0.364. The van der Waals surface area contributed by atoms with Crippen molar-refractivity contribution in [3.8, 4) is 11.6 Å². The van der Waals surface area contributed by atoms with Crippen LogP contribution < -0.4 is 10.1 Å². The van der Waals surface area contributed by atoms with Gasteiger partial charge in [0.05, 0.1) is 19.9 Å². The van der Waals surface area contributed by atoms with Gasteiger partial charge in [-0.15, -0.1) is 0 Å². The van der Waals surface area contributed by atoms with Gasteiger partial charge in [0.15, 0.2) is 11.6 Å². The Bertz CT molecular complexity index is 1130. The molecule has 1 unspecified atom stereocenters. The molecule has 1 fully saturated rings. The number of amides is 1. The fourth-order valence-corrected chi connectivity index (χ4v) is 3.63. The number of rotatable bonds is 6. The third-order valence-corrected chi connectivity index (χ3v) is 5.16. The average Bonchev–Trinajstić information content (AvgIpc) is 3.44. The third-order valence-electron chi connectivity index (χ3n) is 5.16. The Morgan fingerprint density at radius 2 is 2.19 bits per heavy atom. The van der Waals surface area contributed by atoms with Gasteiger partial charge in [0.1, 0.15) is 22.9 Å². The lowest BCUT2D eigenvalue weighted by Crippen LogP contribution is -2.29. The standard InChI is InChI=1S/C22H24N4O5/c1-4-30-22(28)15-12-23-26(20(15)25-21(27)17-9-6-10-31-17)18-11-13(2)14-7-5-8-16(29-3)19(14)24-18/h5,7-8,11-12,17H,4,6,9-10H2,1-3H3,(H,25,27). The molecule has 4 rings (SSSR count). The molecule has 1 aromatic carbocycles. The maximum absolute atomic E-state index is 12.7. The number of carbonyl (C=O) groups is 2. The van der Waals surface area contributed by atoms with Crippen molar-refractivity contribution < 1.29 is 23.8 Å². The maximum atomic E-state index is 12.7. The van der Waals surface area contributed by atoms with Crippen LogP contribution in [0.3, 0.4) is 0 Å². The Kier molecular flexibility index (Phi) is 5.85. The first kappa shape index (κ1) is 20.8. The molecule has 1 aliphatic rings. The van der Waals surface area contributed by atoms with E-state index in [1.807, 2.05) is 31.2 Å². The number of para-hydroxylation sites is 1. The minimum Gasteiger partial charge on any atom is -0.494 e. The monoisotopic (exact) mass is 424 g/mol. The van der Waals surface area contributed by atoms with Crippen molar-refractivity contribution in [1.29, 1.82) is 0 Å². The fourth-order valence-electron chi connectivity index (χ4n) is 3.63. The molecule has 0 saturated carbocycles. The molecule has 3 heterocycles. The second kappa shape index (κ2) is 8.73. The molecule has 9 heteroatoms. The summed E-state index contributed by atoms with van der Waals surface area (Å²) in [6.07, 6.45) is 2.24. The SMILES string of the molecule is CCOC(=O)c1cnn(-c2cc(C)c3cccc(OC)c3n2)c1NC(=O)C1CCCO1. The smallest absolute Gasteiger partial charge is 0.343 e. The van der Waals surface area contributed by atoms with Crippen LogP contribution in [-0.2, 0) is 14.3 Å². The molecule has 0 bridgehead atoms. The van der Waals surface area contributed by atoms with Crippen LogP contribution in [0.5, 0.6) is 5.75 Å². The number of anilines is 1. The van der Waals surface area contributed by atoms with Crippen molar-refractivity contribution >= 4 is 28.6 Å². The number of fused-ring (bicyclic) bond motifs is 1. The topological polar surface area (TPSA) is 105 Å². The number of aryl methyl sites for hydroxylation is 1. The summed E-state index contributed by atoms with van der Waals surface area (Å²) < 4.78 is 17.5. The molecular formula is C22H24N4O5. The Hall–Kier alpha value is -3.46. The van der Waals surface area contributed by atoms with Gasteiger partial charge in [0.2, 0.25) is 0 Å². The number of carbonyl (C=O) groups excluding carboxylic acids is 2. The summed E-state index contributed by atoms with van der Waals surface area (Å²) in [6, 6.07) is 7.52. The van der Waals surface area contributed by atoms with E-state index >= 15 is 0 Å². The van der Waals surface area contributed by atoms with Gasteiger partial charge in [-0.3, -0.25) is 4.79 Å². The maximum Gasteiger partial charge on any atom is 0.343 e. The number of hydrogen-bond acceptors (Lipinski definition) is 7. The number of hydrogen-bond donors (Lipinski definition) is 1. The zero-order valence-electron chi connectivity index (χ0n) is 17.7. The third kappa shape index (κ3) is 3.96. The van der Waals surface area contributed by atoms with Crippen LogP contribution >= 0.6 is 0 Å². The second-order valence-corrected chi connectivity index (χ2v) is 7.18. The van der Waals surface area contributed by atoms with Gasteiger partial charge in [-0.05, 0) is 44.4 Å². The van der Waals surface area contributed by atoms with E-state index in [-0.39, 0.29) is 23.9 Å². The lowest BCUT2D eigenvalue weighted by Gasteiger charge is -2.15. The van der Waals surface area contributed by atoms with Crippen LogP contribution in [-0.4, -0.2) is 53.1 Å². The lowest BCUT2D eigenvalue weighted by atomic mass is 10.1. The van der Waals surface area contributed by atoms with E-state index in [2.05, 4.69) is 10.4 Å². The van der Waals surface area contributed by atoms with E-state index < -0.39 is 12.1 Å². The first-order valence-corrected chi connectivity index (χ1v) is 10.2.